The van der Waals surface area contributed by atoms with E-state index in [1.54, 1.807) is 7.11 Å². The molecule has 0 aromatic rings. The van der Waals surface area contributed by atoms with Gasteiger partial charge in [0.15, 0.2) is 0 Å². The second-order valence-electron chi connectivity index (χ2n) is 2.83. The first kappa shape index (κ1) is 10.4. The summed E-state index contributed by atoms with van der Waals surface area (Å²) in [5.74, 6) is -0.258. The number of hydrogen-bond acceptors (Lipinski definition) is 3. The van der Waals surface area contributed by atoms with Crippen LogP contribution in [0.1, 0.15) is 27.2 Å². The van der Waals surface area contributed by atoms with Gasteiger partial charge in [-0.05, 0) is 13.3 Å². The van der Waals surface area contributed by atoms with Crippen LogP contribution in [0, 0.1) is 0 Å². The van der Waals surface area contributed by atoms with Gasteiger partial charge in [0.2, 0.25) is 0 Å². The molecule has 0 amide bonds. The number of rotatable bonds is 4. The predicted molar refractivity (Wildman–Crippen MR) is 42.3 cm³/mol. The quantitative estimate of drug-likeness (QED) is 0.582. The molecule has 0 fully saturated rings. The highest BCUT2D eigenvalue weighted by molar-refractivity contribution is 5.66. The molecule has 0 radical (unpaired) electrons. The third-order valence-electron chi connectivity index (χ3n) is 1.59. The van der Waals surface area contributed by atoms with Crippen LogP contribution in [-0.2, 0) is 14.3 Å². The molecule has 66 valence electrons. The van der Waals surface area contributed by atoms with E-state index in [2.05, 4.69) is 0 Å². The molecule has 0 N–H and O–H groups in total. The fourth-order valence-corrected chi connectivity index (χ4v) is 0.856. The number of carbonyl (C=O) groups is 1. The fourth-order valence-electron chi connectivity index (χ4n) is 0.856. The summed E-state index contributed by atoms with van der Waals surface area (Å²) >= 11 is 0. The van der Waals surface area contributed by atoms with Gasteiger partial charge >= 0.3 is 5.97 Å². The minimum Gasteiger partial charge on any atom is -0.457 e. The highest BCUT2D eigenvalue weighted by Gasteiger charge is 2.24. The molecule has 3 heteroatoms. The van der Waals surface area contributed by atoms with E-state index in [0.29, 0.717) is 6.61 Å². The van der Waals surface area contributed by atoms with Crippen molar-refractivity contribution in [2.75, 3.05) is 13.7 Å². The van der Waals surface area contributed by atoms with Crippen molar-refractivity contribution in [3.8, 4) is 0 Å². The summed E-state index contributed by atoms with van der Waals surface area (Å²) in [6.07, 6.45) is 0.764. The Morgan fingerprint density at radius 1 is 1.55 bits per heavy atom. The van der Waals surface area contributed by atoms with Crippen LogP contribution in [0.15, 0.2) is 0 Å². The molecule has 0 aromatic carbocycles. The van der Waals surface area contributed by atoms with Gasteiger partial charge in [-0.25, -0.2) is 0 Å². The number of methoxy groups -OCH3 is 1. The van der Waals surface area contributed by atoms with Crippen LogP contribution in [0.2, 0.25) is 0 Å². The monoisotopic (exact) mass is 160 g/mol. The normalized spacial score (nSPS) is 15.6. The molecule has 0 heterocycles. The molecule has 0 aliphatic heterocycles. The Labute approximate surface area is 67.7 Å². The number of hydrogen-bond donors (Lipinski definition) is 0. The topological polar surface area (TPSA) is 35.5 Å². The van der Waals surface area contributed by atoms with E-state index in [-0.39, 0.29) is 5.97 Å². The zero-order valence-corrected chi connectivity index (χ0v) is 7.64. The van der Waals surface area contributed by atoms with Crippen LogP contribution in [0.4, 0.5) is 0 Å². The van der Waals surface area contributed by atoms with E-state index in [9.17, 15) is 4.79 Å². The van der Waals surface area contributed by atoms with Crippen molar-refractivity contribution >= 4 is 5.97 Å². The van der Waals surface area contributed by atoms with Gasteiger partial charge in [-0.1, -0.05) is 6.92 Å². The highest BCUT2D eigenvalue weighted by atomic mass is 16.6. The van der Waals surface area contributed by atoms with Crippen molar-refractivity contribution in [1.82, 2.24) is 0 Å². The first-order chi connectivity index (χ1) is 5.04. The molecule has 0 bridgehead atoms. The molecule has 0 aromatic heterocycles. The largest absolute Gasteiger partial charge is 0.457 e. The minimum absolute atomic E-state index is 0.258. The summed E-state index contributed by atoms with van der Waals surface area (Å²) in [5, 5.41) is 0. The molecule has 1 atom stereocenters. The van der Waals surface area contributed by atoms with Gasteiger partial charge < -0.3 is 9.47 Å². The van der Waals surface area contributed by atoms with Crippen molar-refractivity contribution in [2.24, 2.45) is 0 Å². The van der Waals surface area contributed by atoms with Gasteiger partial charge in [0.25, 0.3) is 0 Å². The van der Waals surface area contributed by atoms with E-state index in [1.807, 2.05) is 13.8 Å². The van der Waals surface area contributed by atoms with Crippen molar-refractivity contribution in [3.05, 3.63) is 0 Å². The summed E-state index contributed by atoms with van der Waals surface area (Å²) in [7, 11) is 1.59. The molecule has 0 aliphatic carbocycles. The van der Waals surface area contributed by atoms with Crippen LogP contribution in [0.5, 0.6) is 0 Å². The Kier molecular flexibility index (Phi) is 4.11. The Morgan fingerprint density at radius 3 is 2.36 bits per heavy atom. The van der Waals surface area contributed by atoms with Crippen molar-refractivity contribution < 1.29 is 14.3 Å². The van der Waals surface area contributed by atoms with Gasteiger partial charge in [0.1, 0.15) is 5.60 Å². The Morgan fingerprint density at radius 2 is 2.09 bits per heavy atom. The summed E-state index contributed by atoms with van der Waals surface area (Å²) < 4.78 is 9.98. The Bertz CT molecular complexity index is 133. The maximum Gasteiger partial charge on any atom is 0.303 e. The molecule has 0 spiro atoms. The highest BCUT2D eigenvalue weighted by Crippen LogP contribution is 2.15. The van der Waals surface area contributed by atoms with Gasteiger partial charge in [-0.2, -0.15) is 0 Å². The molecule has 0 saturated heterocycles. The van der Waals surface area contributed by atoms with Crippen LogP contribution in [0.3, 0.4) is 0 Å². The summed E-state index contributed by atoms with van der Waals surface area (Å²) in [6.45, 7) is 5.67. The van der Waals surface area contributed by atoms with E-state index >= 15 is 0 Å². The zero-order chi connectivity index (χ0) is 8.91. The molecular weight excluding hydrogens is 144 g/mol. The second-order valence-corrected chi connectivity index (χ2v) is 2.83. The lowest BCUT2D eigenvalue weighted by molar-refractivity contribution is -0.160. The lowest BCUT2D eigenvalue weighted by atomic mass is 10.1. The van der Waals surface area contributed by atoms with E-state index in [1.165, 1.54) is 6.92 Å². The van der Waals surface area contributed by atoms with Crippen LogP contribution < -0.4 is 0 Å². The molecule has 3 nitrogen and oxygen atoms in total. The summed E-state index contributed by atoms with van der Waals surface area (Å²) in [5.41, 5.74) is -0.458. The van der Waals surface area contributed by atoms with E-state index in [4.69, 9.17) is 9.47 Å². The minimum atomic E-state index is -0.458. The average Bonchev–Trinajstić information content (AvgIpc) is 1.87. The van der Waals surface area contributed by atoms with Crippen molar-refractivity contribution in [2.45, 2.75) is 32.8 Å². The number of esters is 1. The average molecular weight is 160 g/mol. The van der Waals surface area contributed by atoms with Crippen molar-refractivity contribution in [3.63, 3.8) is 0 Å². The molecule has 1 unspecified atom stereocenters. The number of carbonyl (C=O) groups excluding carboxylic acids is 1. The Hall–Kier alpha value is -0.570. The molecule has 0 aliphatic rings. The van der Waals surface area contributed by atoms with Gasteiger partial charge in [-0.3, -0.25) is 4.79 Å². The van der Waals surface area contributed by atoms with Crippen molar-refractivity contribution in [1.29, 1.82) is 0 Å². The Balaban J connectivity index is 3.98. The van der Waals surface area contributed by atoms with Gasteiger partial charge in [0, 0.05) is 14.0 Å². The first-order valence-electron chi connectivity index (χ1n) is 3.72. The first-order valence-corrected chi connectivity index (χ1v) is 3.72. The maximum absolute atomic E-state index is 10.6. The molecule has 11 heavy (non-hydrogen) atoms. The standard InChI is InChI=1S/C8H16O3/c1-5-8(3,6-10-4)11-7(2)9/h5-6H2,1-4H3. The smallest absolute Gasteiger partial charge is 0.303 e. The predicted octanol–water partition coefficient (Wildman–Crippen LogP) is 1.36. The van der Waals surface area contributed by atoms with Crippen LogP contribution in [-0.4, -0.2) is 25.3 Å². The van der Waals surface area contributed by atoms with E-state index < -0.39 is 5.60 Å². The molecular formula is C8H16O3. The van der Waals surface area contributed by atoms with Crippen LogP contribution >= 0.6 is 0 Å². The van der Waals surface area contributed by atoms with Crippen LogP contribution in [0.25, 0.3) is 0 Å². The van der Waals surface area contributed by atoms with E-state index in [0.717, 1.165) is 6.42 Å². The summed E-state index contributed by atoms with van der Waals surface area (Å²) in [4.78, 5) is 10.6. The van der Waals surface area contributed by atoms with Gasteiger partial charge in [-0.15, -0.1) is 0 Å². The maximum atomic E-state index is 10.6. The molecule has 0 saturated carbocycles. The third-order valence-corrected chi connectivity index (χ3v) is 1.59. The number of ether oxygens (including phenoxy) is 2. The SMILES string of the molecule is CCC(C)(COC)OC(C)=O. The third kappa shape index (κ3) is 3.98. The molecule has 0 rings (SSSR count). The second kappa shape index (κ2) is 4.34. The lowest BCUT2D eigenvalue weighted by Crippen LogP contribution is -2.34. The zero-order valence-electron chi connectivity index (χ0n) is 7.64. The lowest BCUT2D eigenvalue weighted by Gasteiger charge is -2.26. The van der Waals surface area contributed by atoms with Gasteiger partial charge in [0.05, 0.1) is 6.61 Å². The fraction of sp³-hybridized carbons (Fsp3) is 0.875. The summed E-state index contributed by atoms with van der Waals surface area (Å²) in [6, 6.07) is 0.